The molecule has 0 radical (unpaired) electrons. The fourth-order valence-electron chi connectivity index (χ4n) is 7.01. The summed E-state index contributed by atoms with van der Waals surface area (Å²) in [6, 6.07) is 16.1. The highest BCUT2D eigenvalue weighted by atomic mass is 16.6. The Bertz CT molecular complexity index is 1650. The molecular formula is C38H48N4O3. The van der Waals surface area contributed by atoms with Crippen molar-refractivity contribution in [1.29, 1.82) is 0 Å². The second-order valence-corrected chi connectivity index (χ2v) is 12.4. The first-order valence-corrected chi connectivity index (χ1v) is 16.8. The van der Waals surface area contributed by atoms with E-state index in [1.807, 2.05) is 19.1 Å². The summed E-state index contributed by atoms with van der Waals surface area (Å²) in [5.41, 5.74) is 5.96. The Morgan fingerprint density at radius 2 is 1.71 bits per heavy atom. The Balaban J connectivity index is 1.74. The van der Waals surface area contributed by atoms with Gasteiger partial charge in [0.1, 0.15) is 5.69 Å². The molecule has 0 saturated carbocycles. The molecule has 0 saturated heterocycles. The van der Waals surface area contributed by atoms with Crippen LogP contribution in [0, 0.1) is 6.92 Å². The predicted molar refractivity (Wildman–Crippen MR) is 183 cm³/mol. The van der Waals surface area contributed by atoms with Crippen LogP contribution in [0.3, 0.4) is 0 Å². The number of H-pyrrole nitrogens is 1. The molecule has 238 valence electrons. The minimum Gasteiger partial charge on any atom is -0.439 e. The van der Waals surface area contributed by atoms with E-state index in [1.54, 1.807) is 18.3 Å². The van der Waals surface area contributed by atoms with Crippen molar-refractivity contribution in [2.45, 2.75) is 98.0 Å². The minimum absolute atomic E-state index is 0.189. The average molecular weight is 609 g/mol. The number of pyridine rings is 1. The monoisotopic (exact) mass is 608 g/mol. The van der Waals surface area contributed by atoms with Crippen LogP contribution in [-0.4, -0.2) is 34.9 Å². The summed E-state index contributed by atoms with van der Waals surface area (Å²) in [7, 11) is 0. The van der Waals surface area contributed by atoms with Gasteiger partial charge in [0, 0.05) is 59.6 Å². The van der Waals surface area contributed by atoms with Crippen molar-refractivity contribution >= 4 is 34.2 Å². The fraction of sp³-hybridized carbons (Fsp3) is 0.447. The van der Waals surface area contributed by atoms with E-state index >= 15 is 0 Å². The summed E-state index contributed by atoms with van der Waals surface area (Å²) in [6.45, 7) is 11.9. The molecule has 1 aliphatic rings. The van der Waals surface area contributed by atoms with Crippen LogP contribution < -0.4 is 10.2 Å². The lowest BCUT2D eigenvalue weighted by Crippen LogP contribution is -2.33. The molecule has 0 spiro atoms. The summed E-state index contributed by atoms with van der Waals surface area (Å²) in [6.07, 6.45) is 11.9. The third-order valence-corrected chi connectivity index (χ3v) is 8.90. The van der Waals surface area contributed by atoms with Gasteiger partial charge in [-0.2, -0.15) is 0 Å². The van der Waals surface area contributed by atoms with Crippen LogP contribution in [0.2, 0.25) is 0 Å². The number of ether oxygens (including phenoxy) is 1. The van der Waals surface area contributed by atoms with E-state index in [-0.39, 0.29) is 5.91 Å². The molecule has 2 aromatic heterocycles. The Morgan fingerprint density at radius 3 is 2.44 bits per heavy atom. The normalized spacial score (nSPS) is 15.7. The average Bonchev–Trinajstić information content (AvgIpc) is 3.52. The van der Waals surface area contributed by atoms with Gasteiger partial charge in [0.15, 0.2) is 0 Å². The van der Waals surface area contributed by atoms with E-state index in [2.05, 4.69) is 60.2 Å². The van der Waals surface area contributed by atoms with Gasteiger partial charge in [-0.15, -0.1) is 0 Å². The topological polar surface area (TPSA) is 87.3 Å². The maximum atomic E-state index is 13.7. The number of carbonyl (C=O) groups excluding carboxylic acids is 2. The van der Waals surface area contributed by atoms with Gasteiger partial charge in [-0.1, -0.05) is 71.1 Å². The number of nitrogens with one attached hydrogen (secondary N) is 2. The van der Waals surface area contributed by atoms with Crippen LogP contribution in [0.1, 0.15) is 117 Å². The Kier molecular flexibility index (Phi) is 10.3. The highest BCUT2D eigenvalue weighted by molar-refractivity contribution is 6.00. The van der Waals surface area contributed by atoms with Gasteiger partial charge in [-0.3, -0.25) is 9.78 Å². The number of aryl methyl sites for hydroxylation is 2. The highest BCUT2D eigenvalue weighted by Gasteiger charge is 2.53. The van der Waals surface area contributed by atoms with Crippen molar-refractivity contribution in [3.63, 3.8) is 0 Å². The molecular weight excluding hydrogens is 560 g/mol. The van der Waals surface area contributed by atoms with Crippen molar-refractivity contribution < 1.29 is 14.3 Å². The van der Waals surface area contributed by atoms with E-state index in [9.17, 15) is 9.59 Å². The second kappa shape index (κ2) is 14.3. The summed E-state index contributed by atoms with van der Waals surface area (Å²) in [4.78, 5) is 37.2. The van der Waals surface area contributed by atoms with Crippen LogP contribution in [0.5, 0.6) is 0 Å². The molecule has 0 aliphatic carbocycles. The van der Waals surface area contributed by atoms with Crippen molar-refractivity contribution in [1.82, 2.24) is 9.97 Å². The van der Waals surface area contributed by atoms with E-state index in [0.717, 1.165) is 66.6 Å². The van der Waals surface area contributed by atoms with Crippen LogP contribution in [0.4, 0.5) is 11.4 Å². The van der Waals surface area contributed by atoms with Crippen molar-refractivity contribution in [2.75, 3.05) is 23.3 Å². The first kappa shape index (κ1) is 32.3. The second-order valence-electron chi connectivity index (χ2n) is 12.4. The molecule has 2 N–H and O–H groups in total. The number of benzene rings is 2. The fourth-order valence-corrected chi connectivity index (χ4v) is 7.01. The number of amides is 1. The van der Waals surface area contributed by atoms with E-state index < -0.39 is 11.6 Å². The molecule has 0 fully saturated rings. The SMILES string of the molecule is CCCCCCCCc1cccc2[nH]c(C)c(C3(c4ccc(N(CCC)CCC)cc4NC(C)=O)OC(=O)c4cccnc43)c12. The molecule has 7 nitrogen and oxygen atoms in total. The van der Waals surface area contributed by atoms with Crippen LogP contribution >= 0.6 is 0 Å². The van der Waals surface area contributed by atoms with Gasteiger partial charge < -0.3 is 19.9 Å². The minimum atomic E-state index is -1.36. The lowest BCUT2D eigenvalue weighted by Gasteiger charge is -2.33. The molecule has 45 heavy (non-hydrogen) atoms. The van der Waals surface area contributed by atoms with Gasteiger partial charge >= 0.3 is 5.97 Å². The van der Waals surface area contributed by atoms with Crippen LogP contribution in [-0.2, 0) is 21.6 Å². The first-order chi connectivity index (χ1) is 21.8. The molecule has 4 aromatic rings. The number of anilines is 2. The molecule has 1 unspecified atom stereocenters. The van der Waals surface area contributed by atoms with Gasteiger partial charge in [-0.25, -0.2) is 4.79 Å². The predicted octanol–water partition coefficient (Wildman–Crippen LogP) is 8.82. The molecule has 1 atom stereocenters. The number of nitrogens with zero attached hydrogens (tertiary/aromatic N) is 2. The van der Waals surface area contributed by atoms with Crippen molar-refractivity contribution in [2.24, 2.45) is 0 Å². The van der Waals surface area contributed by atoms with Crippen molar-refractivity contribution in [3.05, 3.63) is 88.4 Å². The summed E-state index contributed by atoms with van der Waals surface area (Å²) in [5, 5.41) is 4.17. The van der Waals surface area contributed by atoms with Gasteiger partial charge in [0.2, 0.25) is 11.5 Å². The molecule has 1 aliphatic heterocycles. The Labute approximate surface area is 267 Å². The molecule has 0 bridgehead atoms. The molecule has 2 aromatic carbocycles. The van der Waals surface area contributed by atoms with Gasteiger partial charge in [0.25, 0.3) is 0 Å². The Morgan fingerprint density at radius 1 is 0.956 bits per heavy atom. The van der Waals surface area contributed by atoms with E-state index in [1.165, 1.54) is 44.6 Å². The Hall–Kier alpha value is -4.13. The summed E-state index contributed by atoms with van der Waals surface area (Å²) in [5.74, 6) is -0.609. The molecule has 1 amide bonds. The smallest absolute Gasteiger partial charge is 0.341 e. The number of unbranched alkanes of at least 4 members (excludes halogenated alkanes) is 5. The standard InChI is InChI=1S/C38H48N4O3/c1-6-9-10-11-12-13-16-28-17-14-19-32-34(28)35(26(4)40-32)38(36-30(37(44)45-38)18-15-22-39-36)31-21-20-29(25-33(31)41-27(5)43)42(23-7-2)24-8-3/h14-15,17-22,25,40H,6-13,16,23-24H2,1-5H3,(H,41,43). The molecule has 7 heteroatoms. The lowest BCUT2D eigenvalue weighted by atomic mass is 9.79. The molecule has 3 heterocycles. The maximum Gasteiger partial charge on any atom is 0.341 e. The van der Waals surface area contributed by atoms with E-state index in [4.69, 9.17) is 9.72 Å². The maximum absolute atomic E-state index is 13.7. The number of cyclic esters (lactones) is 1. The number of fused-ring (bicyclic) bond motifs is 2. The number of aromatic nitrogens is 2. The number of hydrogen-bond donors (Lipinski definition) is 2. The zero-order valence-electron chi connectivity index (χ0n) is 27.6. The summed E-state index contributed by atoms with van der Waals surface area (Å²) >= 11 is 0. The highest BCUT2D eigenvalue weighted by Crippen LogP contribution is 2.52. The first-order valence-electron chi connectivity index (χ1n) is 16.8. The van der Waals surface area contributed by atoms with Crippen molar-refractivity contribution in [3.8, 4) is 0 Å². The largest absolute Gasteiger partial charge is 0.439 e. The quantitative estimate of drug-likeness (QED) is 0.104. The van der Waals surface area contributed by atoms with Gasteiger partial charge in [-0.05, 0) is 68.5 Å². The number of rotatable bonds is 15. The molecule has 5 rings (SSSR count). The van der Waals surface area contributed by atoms with Crippen LogP contribution in [0.15, 0.2) is 54.7 Å². The number of esters is 1. The van der Waals surface area contributed by atoms with E-state index in [0.29, 0.717) is 22.5 Å². The van der Waals surface area contributed by atoms with Gasteiger partial charge in [0.05, 0.1) is 11.3 Å². The zero-order chi connectivity index (χ0) is 32.0. The zero-order valence-corrected chi connectivity index (χ0v) is 27.6. The third-order valence-electron chi connectivity index (χ3n) is 8.90. The summed E-state index contributed by atoms with van der Waals surface area (Å²) < 4.78 is 6.60. The lowest BCUT2D eigenvalue weighted by molar-refractivity contribution is -0.114. The third kappa shape index (κ3) is 6.35. The number of hydrogen-bond acceptors (Lipinski definition) is 5. The number of aromatic amines is 1. The number of carbonyl (C=O) groups is 2. The van der Waals surface area contributed by atoms with Crippen LogP contribution in [0.25, 0.3) is 10.9 Å².